The highest BCUT2D eigenvalue weighted by molar-refractivity contribution is 6.10. The van der Waals surface area contributed by atoms with Crippen LogP contribution in [0.2, 0.25) is 0 Å². The Labute approximate surface area is 426 Å². The van der Waals surface area contributed by atoms with E-state index >= 15 is 0 Å². The molecule has 0 saturated heterocycles. The van der Waals surface area contributed by atoms with Crippen LogP contribution in [0.15, 0.2) is 162 Å². The maximum atomic E-state index is 7.60. The normalized spacial score (nSPS) is 11.1. The van der Waals surface area contributed by atoms with Gasteiger partial charge in [0.05, 0.1) is 33.2 Å². The van der Waals surface area contributed by atoms with E-state index in [4.69, 9.17) is 22.6 Å². The van der Waals surface area contributed by atoms with Crippen molar-refractivity contribution < 1.29 is 26.1 Å². The lowest BCUT2D eigenvalue weighted by Gasteiger charge is -2.12. The molecule has 6 aromatic carbocycles. The summed E-state index contributed by atoms with van der Waals surface area (Å²) in [5, 5.41) is 22.1. The maximum Gasteiger partial charge on any atom is 0.220 e. The van der Waals surface area contributed by atoms with Gasteiger partial charge in [-0.05, 0) is 92.9 Å². The lowest BCUT2D eigenvalue weighted by Crippen LogP contribution is -3.00. The highest BCUT2D eigenvalue weighted by Crippen LogP contribution is 2.35. The molecule has 9 rings (SSSR count). The highest BCUT2D eigenvalue weighted by Gasteiger charge is 2.23. The molecule has 0 amide bonds. The summed E-state index contributed by atoms with van der Waals surface area (Å²) in [7, 11) is 0. The van der Waals surface area contributed by atoms with Gasteiger partial charge < -0.3 is 29.6 Å². The molecule has 11 heteroatoms. The molecule has 10 nitrogen and oxygen atoms in total. The van der Waals surface area contributed by atoms with Crippen molar-refractivity contribution in [2.75, 3.05) is 16.9 Å². The molecule has 0 fully saturated rings. The average Bonchev–Trinajstić information content (AvgIpc) is 3.36. The third kappa shape index (κ3) is 12.5. The molecule has 0 saturated carbocycles. The average molecular weight is 968 g/mol. The Bertz CT molecular complexity index is 3200. The monoisotopic (exact) mass is 967 g/mol. The smallest absolute Gasteiger partial charge is 0.220 e. The summed E-state index contributed by atoms with van der Waals surface area (Å²) in [6, 6.07) is 51.5. The van der Waals surface area contributed by atoms with Crippen LogP contribution >= 0.6 is 0 Å². The van der Waals surface area contributed by atoms with Gasteiger partial charge in [-0.15, -0.1) is 5.11 Å². The lowest BCUT2D eigenvalue weighted by molar-refractivity contribution is -0.678. The van der Waals surface area contributed by atoms with Gasteiger partial charge in [-0.3, -0.25) is 10.8 Å². The second-order valence-corrected chi connectivity index (χ2v) is 18.1. The van der Waals surface area contributed by atoms with E-state index < -0.39 is 0 Å². The first-order valence-electron chi connectivity index (χ1n) is 24.5. The van der Waals surface area contributed by atoms with Gasteiger partial charge in [-0.2, -0.15) is 13.7 Å². The summed E-state index contributed by atoms with van der Waals surface area (Å²) >= 11 is 0. The van der Waals surface area contributed by atoms with Crippen molar-refractivity contribution in [3.8, 4) is 11.3 Å². The predicted molar refractivity (Wildman–Crippen MR) is 293 cm³/mol. The van der Waals surface area contributed by atoms with Crippen molar-refractivity contribution >= 4 is 72.1 Å². The van der Waals surface area contributed by atoms with Crippen LogP contribution in [-0.4, -0.2) is 5.84 Å². The number of hydrogen-bond acceptors (Lipinski definition) is 5. The number of para-hydroxylation sites is 2. The molecule has 9 aromatic rings. The molecule has 0 aliphatic heterocycles. The fourth-order valence-electron chi connectivity index (χ4n) is 9.84. The van der Waals surface area contributed by atoms with Gasteiger partial charge >= 0.3 is 0 Å². The van der Waals surface area contributed by atoms with Crippen LogP contribution in [0, 0.1) is 26.2 Å². The van der Waals surface area contributed by atoms with Gasteiger partial charge in [-0.25, -0.2) is 0 Å². The maximum absolute atomic E-state index is 7.60. The Morgan fingerprint density at radius 2 is 1.14 bits per heavy atom. The summed E-state index contributed by atoms with van der Waals surface area (Å²) in [6.07, 6.45) is 10.5. The molecule has 0 bridgehead atoms. The Kier molecular flexibility index (Phi) is 18.6. The number of nitrogens with zero attached hydrogens (tertiary/aromatic N) is 5. The van der Waals surface area contributed by atoms with Crippen LogP contribution in [0.5, 0.6) is 0 Å². The van der Waals surface area contributed by atoms with Crippen molar-refractivity contribution in [2.24, 2.45) is 16.1 Å². The number of hydrogen-bond donors (Lipinski definition) is 5. The van der Waals surface area contributed by atoms with E-state index in [1.54, 1.807) is 12.1 Å². The van der Waals surface area contributed by atoms with E-state index in [1.165, 1.54) is 90.1 Å². The Morgan fingerprint density at radius 3 is 1.80 bits per heavy atom. The van der Waals surface area contributed by atoms with Crippen molar-refractivity contribution in [1.82, 2.24) is 0 Å². The van der Waals surface area contributed by atoms with E-state index in [0.717, 1.165) is 69.6 Å². The lowest BCUT2D eigenvalue weighted by atomic mass is 9.98. The van der Waals surface area contributed by atoms with Gasteiger partial charge in [0.2, 0.25) is 22.2 Å². The third-order valence-electron chi connectivity index (χ3n) is 13.3. The number of fused-ring (bicyclic) bond motifs is 5. The number of anilines is 3. The second kappa shape index (κ2) is 24.9. The fraction of sp³-hybridized carbons (Fsp3) is 0.267. The summed E-state index contributed by atoms with van der Waals surface area (Å²) < 4.78 is 7.23. The topological polar surface area (TPSA) is 150 Å². The number of aryl methyl sites for hydroxylation is 6. The molecular weight excluding hydrogens is 896 g/mol. The minimum Gasteiger partial charge on any atom is -1.00 e. The number of benzene rings is 6. The molecule has 71 heavy (non-hydrogen) atoms. The van der Waals surface area contributed by atoms with Gasteiger partial charge in [0.25, 0.3) is 0 Å². The molecule has 3 heterocycles. The zero-order valence-electron chi connectivity index (χ0n) is 41.1. The molecule has 0 radical (unpaired) electrons. The minimum atomic E-state index is 0. The van der Waals surface area contributed by atoms with Crippen LogP contribution in [0.3, 0.4) is 0 Å². The molecule has 0 spiro atoms. The number of rotatable bonds is 17. The number of amidine groups is 1. The number of aromatic nitrogens is 3. The molecule has 8 N–H and O–H groups in total. The van der Waals surface area contributed by atoms with E-state index in [-0.39, 0.29) is 25.7 Å². The van der Waals surface area contributed by atoms with Crippen LogP contribution in [0.1, 0.15) is 88.2 Å². The molecule has 0 unspecified atom stereocenters. The molecule has 3 aromatic heterocycles. The van der Waals surface area contributed by atoms with Crippen LogP contribution in [-0.2, 0) is 19.6 Å². The molecule has 0 aliphatic rings. The summed E-state index contributed by atoms with van der Waals surface area (Å²) in [6.45, 7) is 11.8. The Hall–Kier alpha value is -7.43. The van der Waals surface area contributed by atoms with Crippen LogP contribution < -0.4 is 48.7 Å². The van der Waals surface area contributed by atoms with Gasteiger partial charge in [0, 0.05) is 84.6 Å². The van der Waals surface area contributed by atoms with Crippen molar-refractivity contribution in [1.29, 1.82) is 5.41 Å². The van der Waals surface area contributed by atoms with Gasteiger partial charge in [0.1, 0.15) is 25.5 Å². The fourth-order valence-corrected chi connectivity index (χ4v) is 9.84. The number of nitrogen functional groups attached to an aromatic ring is 3. The third-order valence-corrected chi connectivity index (χ3v) is 13.3. The Balaban J connectivity index is 0.000000226. The quantitative estimate of drug-likeness (QED) is 0.00902. The van der Waals surface area contributed by atoms with Crippen molar-refractivity contribution in [2.45, 2.75) is 106 Å². The number of pyridine rings is 3. The molecule has 366 valence electrons. The largest absolute Gasteiger partial charge is 1.00 e. The van der Waals surface area contributed by atoms with E-state index in [2.05, 4.69) is 148 Å². The van der Waals surface area contributed by atoms with Crippen LogP contribution in [0.25, 0.3) is 54.7 Å². The minimum absolute atomic E-state index is 0. The first kappa shape index (κ1) is 52.9. The first-order valence-corrected chi connectivity index (χ1v) is 24.5. The van der Waals surface area contributed by atoms with Gasteiger partial charge in [-0.1, -0.05) is 99.0 Å². The summed E-state index contributed by atoms with van der Waals surface area (Å²) in [5.74, 6) is 0.00627. The second-order valence-electron chi connectivity index (χ2n) is 18.1. The standard InChI is InChI=1S/C31H40N3.C28H25N7.CH4.ClH/c1-24-22-25(2)33(30-18-12-10-16-27(24)30)20-14-8-6-4-5-7-9-15-21-34-26(3)23-29(32)28-17-11-13-19-31(28)34;1-2-35-26-16-20(29)11-13-24(26)23-14-12-22(17-25(23)27(35)18-7-4-3-5-8-18)33-34-32-21-10-6-9-19(15-21)28(30)31;;/h10-13,16-19,22-23,32H,4-9,14-15,20-21H2,1-3H3;3-17,29H,2H2,1H3,(H4,30,31,32,33);1H4;1H/q+1;;;/p+1. The van der Waals surface area contributed by atoms with E-state index in [0.29, 0.717) is 11.3 Å². The van der Waals surface area contributed by atoms with E-state index in [1.807, 2.05) is 48.5 Å². The predicted octanol–water partition coefficient (Wildman–Crippen LogP) is 10.5. The number of nitrogens with one attached hydrogen (secondary N) is 2. The van der Waals surface area contributed by atoms with E-state index in [9.17, 15) is 0 Å². The number of halogens is 1. The number of nitrogens with two attached hydrogens (primary N) is 3. The highest BCUT2D eigenvalue weighted by atomic mass is 35.5. The molecular formula is C60H71ClN10+2. The summed E-state index contributed by atoms with van der Waals surface area (Å²) in [4.78, 5) is 0. The Morgan fingerprint density at radius 1 is 0.549 bits per heavy atom. The van der Waals surface area contributed by atoms with Crippen molar-refractivity contribution in [3.63, 3.8) is 0 Å². The SMILES string of the molecule is C.CC[n+]1c(-c2ccccc2)c2cc(N=NNc3cccc(C(=N)N)c3)ccc2c2ccc(N)cc21.Cc1cc(C)[n+](CCCCCCCCCC[n+]2c(C)cc(N)c3ccccc32)c2ccccc12.[Cl-]. The number of unbranched alkanes of at least 4 members (excludes halogenated alkanes) is 7. The molecule has 0 aliphatic carbocycles. The zero-order chi connectivity index (χ0) is 48.3. The zero-order valence-corrected chi connectivity index (χ0v) is 41.8. The van der Waals surface area contributed by atoms with Gasteiger partial charge in [0.15, 0.2) is 11.4 Å². The molecule has 0 atom stereocenters. The first-order chi connectivity index (χ1) is 33.6. The van der Waals surface area contributed by atoms with Crippen LogP contribution in [0.4, 0.5) is 22.7 Å². The summed E-state index contributed by atoms with van der Waals surface area (Å²) in [5.41, 5.74) is 34.6. The van der Waals surface area contributed by atoms with Crippen molar-refractivity contribution in [3.05, 3.63) is 174 Å².